The van der Waals surface area contributed by atoms with E-state index in [2.05, 4.69) is 57.8 Å². The van der Waals surface area contributed by atoms with E-state index in [1.165, 1.54) is 33.0 Å². The van der Waals surface area contributed by atoms with E-state index in [1.807, 2.05) is 12.3 Å². The molecule has 34 heavy (non-hydrogen) atoms. The number of nitrogens with two attached hydrogens (primary N) is 1. The van der Waals surface area contributed by atoms with Crippen LogP contribution in [0, 0.1) is 0 Å². The van der Waals surface area contributed by atoms with Crippen molar-refractivity contribution in [1.82, 2.24) is 19.4 Å². The average Bonchev–Trinajstić information content (AvgIpc) is 3.13. The molecule has 3 aromatic rings. The molecule has 4 rings (SSSR count). The Bertz CT molecular complexity index is 1260. The van der Waals surface area contributed by atoms with Gasteiger partial charge in [0.1, 0.15) is 12.4 Å². The Hall–Kier alpha value is -3.81. The van der Waals surface area contributed by atoms with Gasteiger partial charge in [-0.2, -0.15) is 4.99 Å². The minimum atomic E-state index is -0.0656. The smallest absolute Gasteiger partial charge is 0.251 e. The van der Waals surface area contributed by atoms with Gasteiger partial charge in [-0.1, -0.05) is 37.3 Å². The van der Waals surface area contributed by atoms with Gasteiger partial charge in [0.15, 0.2) is 0 Å². The van der Waals surface area contributed by atoms with Crippen molar-refractivity contribution in [3.63, 3.8) is 0 Å². The normalized spacial score (nSPS) is 13.1. The van der Waals surface area contributed by atoms with Gasteiger partial charge in [-0.15, -0.1) is 0 Å². The molecule has 0 unspecified atom stereocenters. The predicted octanol–water partition coefficient (Wildman–Crippen LogP) is 3.35. The molecule has 0 saturated heterocycles. The third kappa shape index (κ3) is 4.62. The first-order valence-corrected chi connectivity index (χ1v) is 11.5. The number of hydrogen-bond donors (Lipinski definition) is 1. The monoisotopic (exact) mass is 457 g/mol. The van der Waals surface area contributed by atoms with Crippen LogP contribution in [0.5, 0.6) is 0 Å². The molecule has 2 N–H and O–H groups in total. The van der Waals surface area contributed by atoms with Crippen LogP contribution in [0.3, 0.4) is 0 Å². The lowest BCUT2D eigenvalue weighted by Gasteiger charge is -2.17. The van der Waals surface area contributed by atoms with Crippen molar-refractivity contribution in [1.29, 1.82) is 0 Å². The lowest BCUT2D eigenvalue weighted by molar-refractivity contribution is -0.127. The van der Waals surface area contributed by atoms with Crippen LogP contribution in [0.15, 0.2) is 46.5 Å². The Morgan fingerprint density at radius 3 is 2.71 bits per heavy atom. The molecule has 0 aliphatic heterocycles. The first kappa shape index (κ1) is 23.4. The summed E-state index contributed by atoms with van der Waals surface area (Å²) in [5, 5.41) is 0. The van der Waals surface area contributed by atoms with E-state index in [0.29, 0.717) is 18.2 Å². The molecule has 0 bridgehead atoms. The summed E-state index contributed by atoms with van der Waals surface area (Å²) in [5.41, 5.74) is 14.4. The number of hydrogen-bond acceptors (Lipinski definition) is 5. The number of rotatable bonds is 7. The van der Waals surface area contributed by atoms with Gasteiger partial charge in [-0.05, 0) is 36.0 Å². The number of benzene rings is 1. The summed E-state index contributed by atoms with van der Waals surface area (Å²) in [6.45, 7) is 2.29. The number of fused-ring (bicyclic) bond motifs is 3. The molecule has 2 heterocycles. The number of carbonyl (C=O) groups excluding carboxylic acids is 1. The van der Waals surface area contributed by atoms with Crippen molar-refractivity contribution in [2.24, 2.45) is 22.8 Å². The third-order valence-electron chi connectivity index (χ3n) is 6.14. The highest BCUT2D eigenvalue weighted by molar-refractivity contribution is 5.94. The van der Waals surface area contributed by atoms with E-state index in [9.17, 15) is 4.79 Å². The molecule has 8 heteroatoms. The van der Waals surface area contributed by atoms with E-state index in [-0.39, 0.29) is 12.5 Å². The number of amidine groups is 1. The second kappa shape index (κ2) is 9.99. The second-order valence-electron chi connectivity index (χ2n) is 8.59. The van der Waals surface area contributed by atoms with Crippen LogP contribution in [0.25, 0.3) is 22.5 Å². The van der Waals surface area contributed by atoms with Crippen LogP contribution in [0.2, 0.25) is 0 Å². The molecule has 0 radical (unpaired) electrons. The molecule has 176 valence electrons. The van der Waals surface area contributed by atoms with Crippen molar-refractivity contribution in [2.75, 3.05) is 20.6 Å². The number of aryl methyl sites for hydroxylation is 1. The van der Waals surface area contributed by atoms with Crippen molar-refractivity contribution < 1.29 is 4.79 Å². The molecule has 0 saturated carbocycles. The summed E-state index contributed by atoms with van der Waals surface area (Å²) in [4.78, 5) is 31.0. The summed E-state index contributed by atoms with van der Waals surface area (Å²) in [6.07, 6.45) is 6.64. The van der Waals surface area contributed by atoms with E-state index in [0.717, 1.165) is 30.5 Å². The van der Waals surface area contributed by atoms with Gasteiger partial charge in [0.05, 0.1) is 11.4 Å². The van der Waals surface area contributed by atoms with E-state index < -0.39 is 0 Å². The highest BCUT2D eigenvalue weighted by Gasteiger charge is 2.28. The fraction of sp³-hybridized carbons (Fsp3) is 0.346. The number of carbonyl (C=O) groups is 1. The molecular formula is C26H31N7O. The SMILES string of the molecule is CCc1c2c(c(-c3ccccc3)n1C)-c1nc(N=C(N)CC=NCC(=O)N(C)C)ncc1CC2. The fourth-order valence-corrected chi connectivity index (χ4v) is 4.43. The van der Waals surface area contributed by atoms with Crippen LogP contribution < -0.4 is 5.73 Å². The van der Waals surface area contributed by atoms with Gasteiger partial charge in [-0.3, -0.25) is 9.79 Å². The summed E-state index contributed by atoms with van der Waals surface area (Å²) >= 11 is 0. The lowest BCUT2D eigenvalue weighted by Crippen LogP contribution is -2.24. The minimum absolute atomic E-state index is 0.0656. The van der Waals surface area contributed by atoms with Crippen LogP contribution in [-0.2, 0) is 31.1 Å². The van der Waals surface area contributed by atoms with Gasteiger partial charge >= 0.3 is 0 Å². The number of nitrogens with zero attached hydrogens (tertiary/aromatic N) is 6. The third-order valence-corrected chi connectivity index (χ3v) is 6.14. The number of aromatic nitrogens is 3. The quantitative estimate of drug-likeness (QED) is 0.434. The maximum Gasteiger partial charge on any atom is 0.251 e. The summed E-state index contributed by atoms with van der Waals surface area (Å²) in [5.74, 6) is 0.620. The van der Waals surface area contributed by atoms with Gasteiger partial charge in [0, 0.05) is 51.2 Å². The highest BCUT2D eigenvalue weighted by atomic mass is 16.2. The zero-order valence-corrected chi connectivity index (χ0v) is 20.2. The number of amides is 1. The molecule has 1 aromatic carbocycles. The van der Waals surface area contributed by atoms with E-state index in [4.69, 9.17) is 10.7 Å². The average molecular weight is 458 g/mol. The molecule has 0 atom stereocenters. The number of aliphatic imine (C=N–C) groups is 2. The Morgan fingerprint density at radius 1 is 1.24 bits per heavy atom. The maximum atomic E-state index is 11.6. The van der Waals surface area contributed by atoms with Gasteiger partial charge in [0.2, 0.25) is 5.91 Å². The van der Waals surface area contributed by atoms with Crippen LogP contribution in [-0.4, -0.2) is 58.0 Å². The maximum absolute atomic E-state index is 11.6. The predicted molar refractivity (Wildman–Crippen MR) is 137 cm³/mol. The molecular weight excluding hydrogens is 426 g/mol. The van der Waals surface area contributed by atoms with Crippen molar-refractivity contribution in [3.8, 4) is 22.5 Å². The molecule has 1 aliphatic rings. The van der Waals surface area contributed by atoms with Crippen molar-refractivity contribution >= 4 is 23.9 Å². The first-order valence-electron chi connectivity index (χ1n) is 11.5. The standard InChI is InChI=1S/C26H31N7O/c1-5-20-19-12-11-18-15-29-26(30-21(27)13-14-28-16-22(34)32(2)3)31-24(18)23(19)25(33(20)4)17-9-7-6-8-10-17/h6-10,14-15H,5,11-13,16H2,1-4H3,(H2,27,29,30,31). The van der Waals surface area contributed by atoms with E-state index >= 15 is 0 Å². The number of likely N-dealkylation sites (N-methyl/N-ethyl adjacent to an activating group) is 1. The first-order chi connectivity index (χ1) is 16.4. The van der Waals surface area contributed by atoms with Crippen LogP contribution in [0.1, 0.15) is 30.2 Å². The lowest BCUT2D eigenvalue weighted by atomic mass is 9.88. The molecule has 1 aliphatic carbocycles. The van der Waals surface area contributed by atoms with Crippen molar-refractivity contribution in [2.45, 2.75) is 32.6 Å². The van der Waals surface area contributed by atoms with Crippen molar-refractivity contribution in [3.05, 3.63) is 53.3 Å². The summed E-state index contributed by atoms with van der Waals surface area (Å²) in [6, 6.07) is 10.4. The largest absolute Gasteiger partial charge is 0.387 e. The Morgan fingerprint density at radius 2 is 2.00 bits per heavy atom. The van der Waals surface area contributed by atoms with Gasteiger partial charge < -0.3 is 15.2 Å². The van der Waals surface area contributed by atoms with Gasteiger partial charge in [0.25, 0.3) is 5.95 Å². The zero-order chi connectivity index (χ0) is 24.2. The second-order valence-corrected chi connectivity index (χ2v) is 8.59. The van der Waals surface area contributed by atoms with E-state index in [1.54, 1.807) is 20.3 Å². The molecule has 8 nitrogen and oxygen atoms in total. The summed E-state index contributed by atoms with van der Waals surface area (Å²) in [7, 11) is 5.54. The summed E-state index contributed by atoms with van der Waals surface area (Å²) < 4.78 is 2.31. The highest BCUT2D eigenvalue weighted by Crippen LogP contribution is 2.43. The Balaban J connectivity index is 1.68. The van der Waals surface area contributed by atoms with Crippen LogP contribution in [0.4, 0.5) is 5.95 Å². The molecule has 0 spiro atoms. The Kier molecular flexibility index (Phi) is 6.86. The topological polar surface area (TPSA) is 102 Å². The van der Waals surface area contributed by atoms with Crippen LogP contribution >= 0.6 is 0 Å². The Labute approximate surface area is 200 Å². The zero-order valence-electron chi connectivity index (χ0n) is 20.2. The fourth-order valence-electron chi connectivity index (χ4n) is 4.43. The minimum Gasteiger partial charge on any atom is -0.387 e. The molecule has 0 fully saturated rings. The molecule has 2 aromatic heterocycles. The molecule has 1 amide bonds. The van der Waals surface area contributed by atoms with Gasteiger partial charge in [-0.25, -0.2) is 9.97 Å².